The van der Waals surface area contributed by atoms with Crippen LogP contribution in [0.25, 0.3) is 0 Å². The molecule has 3 N–H and O–H groups in total. The largest absolute Gasteiger partial charge is 0.377 e. The van der Waals surface area contributed by atoms with Crippen molar-refractivity contribution in [3.05, 3.63) is 0 Å². The zero-order valence-electron chi connectivity index (χ0n) is 12.1. The molecule has 3 rings (SSSR count). The molecule has 2 saturated carbocycles. The van der Waals surface area contributed by atoms with Crippen LogP contribution in [0.2, 0.25) is 0 Å². The number of rotatable bonds is 4. The lowest BCUT2D eigenvalue weighted by Crippen LogP contribution is -2.79. The van der Waals surface area contributed by atoms with Crippen molar-refractivity contribution in [1.29, 1.82) is 0 Å². The smallest absolute Gasteiger partial charge is 0.0691 e. The molecule has 1 aliphatic heterocycles. The minimum absolute atomic E-state index is 0.0775. The molecular weight excluding hydrogens is 224 g/mol. The molecule has 1 heterocycles. The molecular formula is C15H28N2O. The highest BCUT2D eigenvalue weighted by molar-refractivity contribution is 5.22. The monoisotopic (exact) mass is 252 g/mol. The molecule has 0 amide bonds. The zero-order valence-corrected chi connectivity index (χ0v) is 12.1. The summed E-state index contributed by atoms with van der Waals surface area (Å²) < 4.78 is 5.85. The van der Waals surface area contributed by atoms with E-state index in [-0.39, 0.29) is 11.0 Å². The van der Waals surface area contributed by atoms with Crippen molar-refractivity contribution >= 4 is 0 Å². The second-order valence-corrected chi connectivity index (χ2v) is 7.29. The third-order valence-electron chi connectivity index (χ3n) is 6.41. The zero-order chi connectivity index (χ0) is 13.0. The Kier molecular flexibility index (Phi) is 2.82. The summed E-state index contributed by atoms with van der Waals surface area (Å²) >= 11 is 0. The van der Waals surface area contributed by atoms with Crippen LogP contribution in [0, 0.1) is 11.3 Å². The third-order valence-corrected chi connectivity index (χ3v) is 6.41. The van der Waals surface area contributed by atoms with Crippen molar-refractivity contribution < 1.29 is 4.74 Å². The molecule has 0 aromatic heterocycles. The van der Waals surface area contributed by atoms with Gasteiger partial charge in [0, 0.05) is 35.6 Å². The Bertz CT molecular complexity index is 332. The summed E-state index contributed by atoms with van der Waals surface area (Å²) in [6.07, 6.45) is 6.79. The van der Waals surface area contributed by atoms with Gasteiger partial charge < -0.3 is 15.8 Å². The Balaban J connectivity index is 1.68. The molecule has 3 aliphatic rings. The van der Waals surface area contributed by atoms with E-state index in [1.54, 1.807) is 0 Å². The van der Waals surface area contributed by atoms with Gasteiger partial charge in [0.1, 0.15) is 0 Å². The quantitative estimate of drug-likeness (QED) is 0.805. The molecule has 3 heteroatoms. The van der Waals surface area contributed by atoms with Gasteiger partial charge >= 0.3 is 0 Å². The Morgan fingerprint density at radius 3 is 2.61 bits per heavy atom. The van der Waals surface area contributed by atoms with E-state index in [0.29, 0.717) is 17.6 Å². The normalized spacial score (nSPS) is 44.0. The first-order valence-corrected chi connectivity index (χ1v) is 7.61. The number of fused-ring (bicyclic) bond motifs is 1. The van der Waals surface area contributed by atoms with Gasteiger partial charge in [0.25, 0.3) is 0 Å². The summed E-state index contributed by atoms with van der Waals surface area (Å²) in [6.45, 7) is 8.71. The van der Waals surface area contributed by atoms with Gasteiger partial charge in [0.2, 0.25) is 0 Å². The van der Waals surface area contributed by atoms with Crippen molar-refractivity contribution in [2.24, 2.45) is 17.1 Å². The molecule has 3 unspecified atom stereocenters. The van der Waals surface area contributed by atoms with Gasteiger partial charge in [-0.1, -0.05) is 20.8 Å². The van der Waals surface area contributed by atoms with Crippen molar-refractivity contribution in [2.45, 2.75) is 70.1 Å². The maximum absolute atomic E-state index is 6.76. The predicted octanol–water partition coefficient (Wildman–Crippen LogP) is 2.05. The van der Waals surface area contributed by atoms with Gasteiger partial charge in [-0.15, -0.1) is 0 Å². The summed E-state index contributed by atoms with van der Waals surface area (Å²) in [5.41, 5.74) is 7.19. The fourth-order valence-corrected chi connectivity index (χ4v) is 4.43. The first-order valence-electron chi connectivity index (χ1n) is 7.61. The molecule has 3 atom stereocenters. The summed E-state index contributed by atoms with van der Waals surface area (Å²) in [5, 5.41) is 3.81. The van der Waals surface area contributed by atoms with Crippen LogP contribution in [0.4, 0.5) is 0 Å². The summed E-state index contributed by atoms with van der Waals surface area (Å²) in [7, 11) is 0. The molecule has 3 fully saturated rings. The molecule has 1 saturated heterocycles. The molecule has 0 aromatic carbocycles. The van der Waals surface area contributed by atoms with E-state index >= 15 is 0 Å². The average molecular weight is 252 g/mol. The van der Waals surface area contributed by atoms with E-state index in [9.17, 15) is 0 Å². The molecule has 0 bridgehead atoms. The topological polar surface area (TPSA) is 47.3 Å². The molecule has 2 aliphatic carbocycles. The Labute approximate surface area is 111 Å². The third kappa shape index (κ3) is 1.47. The molecule has 0 spiro atoms. The van der Waals surface area contributed by atoms with Crippen molar-refractivity contribution in [3.8, 4) is 0 Å². The highest BCUT2D eigenvalue weighted by Crippen LogP contribution is 2.58. The van der Waals surface area contributed by atoms with Crippen molar-refractivity contribution in [3.63, 3.8) is 0 Å². The van der Waals surface area contributed by atoms with Gasteiger partial charge in [-0.2, -0.15) is 0 Å². The predicted molar refractivity (Wildman–Crippen MR) is 73.4 cm³/mol. The van der Waals surface area contributed by atoms with Gasteiger partial charge in [0.05, 0.1) is 6.10 Å². The van der Waals surface area contributed by atoms with Crippen molar-refractivity contribution in [2.75, 3.05) is 13.2 Å². The van der Waals surface area contributed by atoms with Crippen LogP contribution in [0.1, 0.15) is 52.9 Å². The molecule has 0 aromatic rings. The molecule has 104 valence electrons. The van der Waals surface area contributed by atoms with Crippen LogP contribution in [-0.2, 0) is 4.74 Å². The van der Waals surface area contributed by atoms with E-state index in [1.165, 1.54) is 25.7 Å². The molecule has 3 nitrogen and oxygen atoms in total. The number of nitrogens with two attached hydrogens (primary N) is 1. The minimum atomic E-state index is -0.0775. The number of hydrogen-bond acceptors (Lipinski definition) is 3. The van der Waals surface area contributed by atoms with E-state index in [4.69, 9.17) is 10.5 Å². The highest BCUT2D eigenvalue weighted by Gasteiger charge is 2.67. The lowest BCUT2D eigenvalue weighted by atomic mass is 9.48. The SMILES string of the molecule is CCC1(NCC2(N)C3CCOC3C2(C)C)CCC1. The summed E-state index contributed by atoms with van der Waals surface area (Å²) in [6, 6.07) is 0. The maximum atomic E-state index is 6.76. The van der Waals surface area contributed by atoms with Gasteiger partial charge in [-0.25, -0.2) is 0 Å². The van der Waals surface area contributed by atoms with E-state index in [1.807, 2.05) is 0 Å². The van der Waals surface area contributed by atoms with E-state index in [0.717, 1.165) is 19.6 Å². The number of nitrogens with one attached hydrogen (secondary N) is 1. The summed E-state index contributed by atoms with van der Waals surface area (Å²) in [4.78, 5) is 0. The highest BCUT2D eigenvalue weighted by atomic mass is 16.5. The maximum Gasteiger partial charge on any atom is 0.0691 e. The second-order valence-electron chi connectivity index (χ2n) is 7.29. The number of ether oxygens (including phenoxy) is 1. The minimum Gasteiger partial charge on any atom is -0.377 e. The van der Waals surface area contributed by atoms with Gasteiger partial charge in [-0.05, 0) is 32.1 Å². The Hall–Kier alpha value is -0.120. The first-order chi connectivity index (χ1) is 8.45. The lowest BCUT2D eigenvalue weighted by Gasteiger charge is -2.63. The number of hydrogen-bond donors (Lipinski definition) is 2. The average Bonchev–Trinajstić information content (AvgIpc) is 2.75. The van der Waals surface area contributed by atoms with Crippen LogP contribution < -0.4 is 11.1 Å². The van der Waals surface area contributed by atoms with E-state index in [2.05, 4.69) is 26.1 Å². The first kappa shape index (κ1) is 12.9. The Morgan fingerprint density at radius 2 is 2.06 bits per heavy atom. The fraction of sp³-hybridized carbons (Fsp3) is 1.00. The second kappa shape index (κ2) is 3.94. The van der Waals surface area contributed by atoms with Crippen LogP contribution in [0.3, 0.4) is 0 Å². The molecule has 0 radical (unpaired) electrons. The standard InChI is InChI=1S/C15H28N2O/c1-4-14(7-5-8-14)17-10-15(16)11-6-9-18-12(11)13(15,2)3/h11-12,17H,4-10,16H2,1-3H3. The van der Waals surface area contributed by atoms with Crippen LogP contribution in [-0.4, -0.2) is 30.3 Å². The van der Waals surface area contributed by atoms with E-state index < -0.39 is 0 Å². The van der Waals surface area contributed by atoms with Crippen LogP contribution in [0.15, 0.2) is 0 Å². The van der Waals surface area contributed by atoms with Crippen LogP contribution >= 0.6 is 0 Å². The van der Waals surface area contributed by atoms with Crippen LogP contribution in [0.5, 0.6) is 0 Å². The Morgan fingerprint density at radius 1 is 1.33 bits per heavy atom. The van der Waals surface area contributed by atoms with Gasteiger partial charge in [0.15, 0.2) is 0 Å². The lowest BCUT2D eigenvalue weighted by molar-refractivity contribution is -0.156. The van der Waals surface area contributed by atoms with Crippen molar-refractivity contribution in [1.82, 2.24) is 5.32 Å². The molecule has 18 heavy (non-hydrogen) atoms. The summed E-state index contributed by atoms with van der Waals surface area (Å²) in [5.74, 6) is 0.564. The fourth-order valence-electron chi connectivity index (χ4n) is 4.43. The van der Waals surface area contributed by atoms with Gasteiger partial charge in [-0.3, -0.25) is 0 Å².